The molecule has 0 amide bonds. The molecule has 0 spiro atoms. The van der Waals surface area contributed by atoms with Crippen LogP contribution in [0, 0.1) is 11.6 Å². The van der Waals surface area contributed by atoms with E-state index >= 15 is 0 Å². The van der Waals surface area contributed by atoms with E-state index in [1.54, 1.807) is 0 Å². The Morgan fingerprint density at radius 1 is 1.56 bits per heavy atom. The van der Waals surface area contributed by atoms with Gasteiger partial charge in [-0.05, 0) is 25.5 Å². The van der Waals surface area contributed by atoms with Crippen molar-refractivity contribution in [2.75, 3.05) is 17.6 Å². The van der Waals surface area contributed by atoms with Crippen molar-refractivity contribution in [3.8, 4) is 0 Å². The highest BCUT2D eigenvalue weighted by atomic mass is 32.2. The molecule has 1 aliphatic rings. The maximum atomic E-state index is 13.3. The van der Waals surface area contributed by atoms with Gasteiger partial charge in [0.25, 0.3) is 0 Å². The first kappa shape index (κ1) is 11.6. The highest BCUT2D eigenvalue weighted by molar-refractivity contribution is 8.00. The standard InChI is InChI=1S/C11H14F2N2S/c1-11(3-2-4-16-11)7-15-10-9(13)5-8(12)6-14-10/h5-6H,2-4,7H2,1H3,(H,14,15). The molecule has 2 rings (SSSR count). The number of hydrogen-bond donors (Lipinski definition) is 1. The Morgan fingerprint density at radius 2 is 2.38 bits per heavy atom. The number of rotatable bonds is 3. The number of halogens is 2. The first-order valence-electron chi connectivity index (χ1n) is 5.28. The summed E-state index contributed by atoms with van der Waals surface area (Å²) >= 11 is 1.89. The van der Waals surface area contributed by atoms with E-state index in [2.05, 4.69) is 17.2 Å². The Kier molecular flexibility index (Phi) is 3.33. The number of hydrogen-bond acceptors (Lipinski definition) is 3. The van der Waals surface area contributed by atoms with Gasteiger partial charge in [0.05, 0.1) is 6.20 Å². The SMILES string of the molecule is CC1(CNc2ncc(F)cc2F)CCCS1. The molecule has 1 aliphatic heterocycles. The second-order valence-electron chi connectivity index (χ2n) is 4.24. The van der Waals surface area contributed by atoms with E-state index in [0.29, 0.717) is 6.54 Å². The van der Waals surface area contributed by atoms with Crippen LogP contribution in [0.25, 0.3) is 0 Å². The smallest absolute Gasteiger partial charge is 0.168 e. The molecule has 0 radical (unpaired) electrons. The monoisotopic (exact) mass is 244 g/mol. The number of nitrogens with one attached hydrogen (secondary N) is 1. The molecule has 0 bridgehead atoms. The summed E-state index contributed by atoms with van der Waals surface area (Å²) in [6.07, 6.45) is 3.34. The zero-order valence-electron chi connectivity index (χ0n) is 9.09. The summed E-state index contributed by atoms with van der Waals surface area (Å²) in [5.74, 6) is 0.00329. The predicted octanol–water partition coefficient (Wildman–Crippen LogP) is 3.06. The van der Waals surface area contributed by atoms with Crippen LogP contribution in [0.3, 0.4) is 0 Å². The normalized spacial score (nSPS) is 24.7. The van der Waals surface area contributed by atoms with Crippen LogP contribution < -0.4 is 5.32 Å². The van der Waals surface area contributed by atoms with Crippen molar-refractivity contribution >= 4 is 17.6 Å². The van der Waals surface area contributed by atoms with E-state index in [1.165, 1.54) is 6.42 Å². The summed E-state index contributed by atoms with van der Waals surface area (Å²) in [6.45, 7) is 2.81. The summed E-state index contributed by atoms with van der Waals surface area (Å²) in [6, 6.07) is 0.847. The molecule has 0 saturated carbocycles. The molecule has 0 aliphatic carbocycles. The molecule has 2 heterocycles. The van der Waals surface area contributed by atoms with Crippen LogP contribution in [-0.4, -0.2) is 22.0 Å². The van der Waals surface area contributed by atoms with Crippen LogP contribution in [-0.2, 0) is 0 Å². The molecule has 1 saturated heterocycles. The second-order valence-corrected chi connectivity index (χ2v) is 5.92. The zero-order valence-corrected chi connectivity index (χ0v) is 9.91. The molecule has 5 heteroatoms. The third-order valence-electron chi connectivity index (χ3n) is 2.74. The minimum absolute atomic E-state index is 0.134. The van der Waals surface area contributed by atoms with Crippen LogP contribution in [0.1, 0.15) is 19.8 Å². The fraction of sp³-hybridized carbons (Fsp3) is 0.545. The molecule has 1 aromatic rings. The molecule has 1 unspecified atom stereocenters. The Hall–Kier alpha value is -0.840. The molecule has 1 atom stereocenters. The van der Waals surface area contributed by atoms with Gasteiger partial charge in [-0.2, -0.15) is 11.8 Å². The first-order chi connectivity index (χ1) is 7.59. The minimum atomic E-state index is -0.649. The van der Waals surface area contributed by atoms with Gasteiger partial charge in [0.1, 0.15) is 5.82 Å². The van der Waals surface area contributed by atoms with Crippen LogP contribution in [0.15, 0.2) is 12.3 Å². The van der Waals surface area contributed by atoms with E-state index in [9.17, 15) is 8.78 Å². The van der Waals surface area contributed by atoms with Gasteiger partial charge in [-0.3, -0.25) is 0 Å². The lowest BCUT2D eigenvalue weighted by Gasteiger charge is -2.23. The quantitative estimate of drug-likeness (QED) is 0.884. The fourth-order valence-corrected chi connectivity index (χ4v) is 3.04. The van der Waals surface area contributed by atoms with E-state index in [1.807, 2.05) is 11.8 Å². The largest absolute Gasteiger partial charge is 0.366 e. The lowest BCUT2D eigenvalue weighted by molar-refractivity contribution is 0.572. The Morgan fingerprint density at radius 3 is 3.00 bits per heavy atom. The van der Waals surface area contributed by atoms with Gasteiger partial charge in [-0.1, -0.05) is 0 Å². The second kappa shape index (κ2) is 4.57. The zero-order chi connectivity index (χ0) is 11.6. The van der Waals surface area contributed by atoms with Gasteiger partial charge in [-0.15, -0.1) is 0 Å². The molecule has 2 nitrogen and oxygen atoms in total. The number of thioether (sulfide) groups is 1. The topological polar surface area (TPSA) is 24.9 Å². The van der Waals surface area contributed by atoms with Crippen molar-refractivity contribution in [3.63, 3.8) is 0 Å². The Bertz CT molecular complexity index is 378. The highest BCUT2D eigenvalue weighted by Crippen LogP contribution is 2.37. The van der Waals surface area contributed by atoms with Gasteiger partial charge in [0.2, 0.25) is 0 Å². The lowest BCUT2D eigenvalue weighted by Crippen LogP contribution is -2.27. The maximum Gasteiger partial charge on any atom is 0.168 e. The highest BCUT2D eigenvalue weighted by Gasteiger charge is 2.29. The van der Waals surface area contributed by atoms with E-state index in [4.69, 9.17) is 0 Å². The van der Waals surface area contributed by atoms with Crippen molar-refractivity contribution in [1.29, 1.82) is 0 Å². The summed E-state index contributed by atoms with van der Waals surface area (Å²) in [5.41, 5.74) is 0. The van der Waals surface area contributed by atoms with Gasteiger partial charge < -0.3 is 5.32 Å². The fourth-order valence-electron chi connectivity index (χ4n) is 1.79. The van der Waals surface area contributed by atoms with Crippen LogP contribution >= 0.6 is 11.8 Å². The number of pyridine rings is 1. The number of aromatic nitrogens is 1. The van der Waals surface area contributed by atoms with E-state index < -0.39 is 11.6 Å². The van der Waals surface area contributed by atoms with Crippen molar-refractivity contribution in [2.45, 2.75) is 24.5 Å². The Balaban J connectivity index is 1.99. The van der Waals surface area contributed by atoms with Crippen molar-refractivity contribution in [2.24, 2.45) is 0 Å². The molecular formula is C11H14F2N2S. The Labute approximate surface area is 97.8 Å². The summed E-state index contributed by atoms with van der Waals surface area (Å²) < 4.78 is 26.0. The predicted molar refractivity (Wildman–Crippen MR) is 62.7 cm³/mol. The van der Waals surface area contributed by atoms with E-state index in [0.717, 1.165) is 24.4 Å². The molecule has 0 aromatic carbocycles. The molecule has 1 fully saturated rings. The maximum absolute atomic E-state index is 13.3. The molecular weight excluding hydrogens is 230 g/mol. The van der Waals surface area contributed by atoms with Crippen molar-refractivity contribution in [1.82, 2.24) is 4.98 Å². The molecule has 1 aromatic heterocycles. The summed E-state index contributed by atoms with van der Waals surface area (Å²) in [7, 11) is 0. The third kappa shape index (κ3) is 2.64. The average molecular weight is 244 g/mol. The van der Waals surface area contributed by atoms with Crippen LogP contribution in [0.2, 0.25) is 0 Å². The average Bonchev–Trinajstić information content (AvgIpc) is 2.64. The number of anilines is 1. The molecule has 16 heavy (non-hydrogen) atoms. The lowest BCUT2D eigenvalue weighted by atomic mass is 10.1. The van der Waals surface area contributed by atoms with Gasteiger partial charge in [0.15, 0.2) is 11.6 Å². The third-order valence-corrected chi connectivity index (χ3v) is 4.28. The first-order valence-corrected chi connectivity index (χ1v) is 6.26. The van der Waals surface area contributed by atoms with Crippen molar-refractivity contribution < 1.29 is 8.78 Å². The minimum Gasteiger partial charge on any atom is -0.366 e. The summed E-state index contributed by atoms with van der Waals surface area (Å²) in [5, 5.41) is 2.95. The summed E-state index contributed by atoms with van der Waals surface area (Å²) in [4.78, 5) is 3.70. The van der Waals surface area contributed by atoms with Crippen molar-refractivity contribution in [3.05, 3.63) is 23.9 Å². The number of nitrogens with zero attached hydrogens (tertiary/aromatic N) is 1. The molecule has 88 valence electrons. The van der Waals surface area contributed by atoms with Gasteiger partial charge in [0, 0.05) is 17.4 Å². The molecule has 1 N–H and O–H groups in total. The van der Waals surface area contributed by atoms with Gasteiger partial charge in [-0.25, -0.2) is 13.8 Å². The van der Waals surface area contributed by atoms with Crippen LogP contribution in [0.5, 0.6) is 0 Å². The van der Waals surface area contributed by atoms with E-state index in [-0.39, 0.29) is 10.6 Å². The van der Waals surface area contributed by atoms with Crippen LogP contribution in [0.4, 0.5) is 14.6 Å². The van der Waals surface area contributed by atoms with Gasteiger partial charge >= 0.3 is 0 Å².